The Labute approximate surface area is 206 Å². The third-order valence-electron chi connectivity index (χ3n) is 9.84. The van der Waals surface area contributed by atoms with E-state index in [1.165, 1.54) is 6.92 Å². The summed E-state index contributed by atoms with van der Waals surface area (Å²) in [6.07, 6.45) is 0.0312. The van der Waals surface area contributed by atoms with Crippen LogP contribution >= 0.6 is 0 Å². The van der Waals surface area contributed by atoms with Gasteiger partial charge in [-0.25, -0.2) is 0 Å². The van der Waals surface area contributed by atoms with Crippen LogP contribution in [0.25, 0.3) is 0 Å². The zero-order valence-corrected chi connectivity index (χ0v) is 21.4. The van der Waals surface area contributed by atoms with Gasteiger partial charge in [0.25, 0.3) is 0 Å². The molecule has 0 N–H and O–H groups in total. The lowest BCUT2D eigenvalue weighted by atomic mass is 9.53. The van der Waals surface area contributed by atoms with E-state index in [9.17, 15) is 19.2 Å². The van der Waals surface area contributed by atoms with Crippen LogP contribution in [0.4, 0.5) is 0 Å². The molecule has 0 spiro atoms. The van der Waals surface area contributed by atoms with Gasteiger partial charge in [0.15, 0.2) is 5.60 Å². The first-order valence-corrected chi connectivity index (χ1v) is 12.9. The maximum atomic E-state index is 13.5. The minimum absolute atomic E-state index is 0.0130. The number of esters is 4. The van der Waals surface area contributed by atoms with Crippen molar-refractivity contribution in [3.8, 4) is 0 Å². The first-order chi connectivity index (χ1) is 16.3. The van der Waals surface area contributed by atoms with Crippen LogP contribution < -0.4 is 0 Å². The van der Waals surface area contributed by atoms with Gasteiger partial charge in [0, 0.05) is 31.1 Å². The summed E-state index contributed by atoms with van der Waals surface area (Å²) in [6, 6.07) is 0. The molecule has 5 rings (SSSR count). The molecule has 8 nitrogen and oxygen atoms in total. The van der Waals surface area contributed by atoms with Gasteiger partial charge in [-0.05, 0) is 44.1 Å². The number of rotatable bonds is 4. The van der Waals surface area contributed by atoms with Crippen molar-refractivity contribution in [2.24, 2.45) is 46.8 Å². The molecule has 0 aromatic carbocycles. The van der Waals surface area contributed by atoms with Crippen molar-refractivity contribution in [2.75, 3.05) is 0 Å². The highest BCUT2D eigenvalue weighted by atomic mass is 16.6. The van der Waals surface area contributed by atoms with E-state index in [0.717, 1.165) is 5.57 Å². The van der Waals surface area contributed by atoms with Gasteiger partial charge in [-0.3, -0.25) is 19.2 Å². The number of ether oxygens (including phenoxy) is 4. The molecule has 8 heteroatoms. The molecule has 0 radical (unpaired) electrons. The maximum Gasteiger partial charge on any atom is 0.313 e. The molecule has 2 saturated heterocycles. The molecule has 35 heavy (non-hydrogen) atoms. The molecule has 12 atom stereocenters. The van der Waals surface area contributed by atoms with Crippen molar-refractivity contribution in [1.82, 2.24) is 0 Å². The second-order valence-corrected chi connectivity index (χ2v) is 11.9. The fourth-order valence-electron chi connectivity index (χ4n) is 8.02. The van der Waals surface area contributed by atoms with Crippen molar-refractivity contribution in [3.05, 3.63) is 12.2 Å². The van der Waals surface area contributed by atoms with Crippen molar-refractivity contribution < 1.29 is 38.1 Å². The van der Waals surface area contributed by atoms with Gasteiger partial charge in [0.1, 0.15) is 18.3 Å². The van der Waals surface area contributed by atoms with Crippen LogP contribution in [0, 0.1) is 46.8 Å². The Hall–Kier alpha value is -2.38. The molecule has 2 aliphatic heterocycles. The van der Waals surface area contributed by atoms with Crippen molar-refractivity contribution in [3.63, 3.8) is 0 Å². The first kappa shape index (κ1) is 24.3. The van der Waals surface area contributed by atoms with Crippen LogP contribution in [0.1, 0.15) is 60.8 Å². The lowest BCUT2D eigenvalue weighted by Gasteiger charge is -2.53. The van der Waals surface area contributed by atoms with Gasteiger partial charge in [0.2, 0.25) is 0 Å². The quantitative estimate of drug-likeness (QED) is 0.337. The summed E-state index contributed by atoms with van der Waals surface area (Å²) in [4.78, 5) is 51.7. The second kappa shape index (κ2) is 7.81. The van der Waals surface area contributed by atoms with E-state index in [0.29, 0.717) is 19.3 Å². The van der Waals surface area contributed by atoms with Gasteiger partial charge in [-0.2, -0.15) is 0 Å². The summed E-state index contributed by atoms with van der Waals surface area (Å²) in [5.41, 5.74) is -1.43. The van der Waals surface area contributed by atoms with E-state index in [1.54, 1.807) is 6.92 Å². The molecule has 5 aliphatic rings. The normalized spacial score (nSPS) is 48.3. The molecule has 0 aromatic heterocycles. The Morgan fingerprint density at radius 3 is 2.54 bits per heavy atom. The summed E-state index contributed by atoms with van der Waals surface area (Å²) in [5, 5.41) is 0. The Morgan fingerprint density at radius 1 is 1.23 bits per heavy atom. The topological polar surface area (TPSA) is 105 Å². The summed E-state index contributed by atoms with van der Waals surface area (Å²) >= 11 is 0. The standard InChI is InChI=1S/C27H36O8/c1-8-11(2)23(29)34-21-12(3)9-15-18(21)17-13(4)16-10-26(6,25(31)33-16)20-19(17)27(7,35-24(20)30)22(15)32-14(5)28/h11-12,15-22H,4,8-10H2,1-3,5-7H3/t11-,12-,15?,16+,17+,18+,19?,20-,21+,22-,26-,27-/m0/s1. The molecular formula is C27H36O8. The smallest absolute Gasteiger partial charge is 0.313 e. The van der Waals surface area contributed by atoms with Gasteiger partial charge in [0.05, 0.1) is 17.3 Å². The highest BCUT2D eigenvalue weighted by molar-refractivity contribution is 5.89. The minimum Gasteiger partial charge on any atom is -0.462 e. The van der Waals surface area contributed by atoms with E-state index >= 15 is 0 Å². The van der Waals surface area contributed by atoms with E-state index in [4.69, 9.17) is 18.9 Å². The number of carbonyl (C=O) groups is 4. The lowest BCUT2D eigenvalue weighted by molar-refractivity contribution is -0.207. The molecule has 2 bridgehead atoms. The summed E-state index contributed by atoms with van der Waals surface area (Å²) in [6.45, 7) is 15.2. The summed E-state index contributed by atoms with van der Waals surface area (Å²) in [7, 11) is 0. The fourth-order valence-corrected chi connectivity index (χ4v) is 8.02. The third kappa shape index (κ3) is 3.17. The second-order valence-electron chi connectivity index (χ2n) is 11.9. The van der Waals surface area contributed by atoms with E-state index < -0.39 is 59.1 Å². The monoisotopic (exact) mass is 488 g/mol. The number of carbonyl (C=O) groups excluding carboxylic acids is 4. The van der Waals surface area contributed by atoms with Crippen LogP contribution in [-0.4, -0.2) is 47.8 Å². The van der Waals surface area contributed by atoms with E-state index in [-0.39, 0.29) is 35.6 Å². The minimum atomic E-state index is -1.12. The molecule has 2 heterocycles. The Kier molecular flexibility index (Phi) is 5.43. The summed E-state index contributed by atoms with van der Waals surface area (Å²) in [5.74, 6) is -3.73. The Morgan fingerprint density at radius 2 is 1.91 bits per heavy atom. The molecule has 0 amide bonds. The molecule has 3 saturated carbocycles. The largest absolute Gasteiger partial charge is 0.462 e. The predicted molar refractivity (Wildman–Crippen MR) is 122 cm³/mol. The van der Waals surface area contributed by atoms with Gasteiger partial charge in [-0.1, -0.05) is 27.4 Å². The van der Waals surface area contributed by atoms with Crippen molar-refractivity contribution in [2.45, 2.75) is 84.7 Å². The fraction of sp³-hybridized carbons (Fsp3) is 0.778. The van der Waals surface area contributed by atoms with Crippen LogP contribution in [0.5, 0.6) is 0 Å². The molecule has 5 fully saturated rings. The van der Waals surface area contributed by atoms with Crippen molar-refractivity contribution >= 4 is 23.9 Å². The van der Waals surface area contributed by atoms with E-state index in [1.807, 2.05) is 27.7 Å². The molecule has 192 valence electrons. The van der Waals surface area contributed by atoms with E-state index in [2.05, 4.69) is 6.58 Å². The zero-order valence-electron chi connectivity index (χ0n) is 21.4. The highest BCUT2D eigenvalue weighted by Gasteiger charge is 2.77. The Bertz CT molecular complexity index is 1000. The van der Waals surface area contributed by atoms with Gasteiger partial charge >= 0.3 is 23.9 Å². The summed E-state index contributed by atoms with van der Waals surface area (Å²) < 4.78 is 23.9. The number of hydrogen-bond acceptors (Lipinski definition) is 8. The zero-order chi connectivity index (χ0) is 25.6. The average Bonchev–Trinajstić information content (AvgIpc) is 3.34. The third-order valence-corrected chi connectivity index (χ3v) is 9.84. The first-order valence-electron chi connectivity index (χ1n) is 12.9. The number of hydrogen-bond donors (Lipinski definition) is 0. The van der Waals surface area contributed by atoms with Crippen LogP contribution in [-0.2, 0) is 38.1 Å². The SMILES string of the molecule is C=C1[C@H]2C[C@](C)(C(=O)O2)[C@@H]2C(=O)O[C@@]3(C)C2[C@H]1[C@H]1C(C[C@H](C)[C@H]1OC(=O)[C@@H](C)CC)[C@@H]3OC(C)=O. The average molecular weight is 489 g/mol. The van der Waals surface area contributed by atoms with Gasteiger partial charge in [-0.15, -0.1) is 0 Å². The van der Waals surface area contributed by atoms with Crippen LogP contribution in [0.15, 0.2) is 12.2 Å². The van der Waals surface area contributed by atoms with Crippen LogP contribution in [0.3, 0.4) is 0 Å². The number of fused-ring (bicyclic) bond motifs is 5. The predicted octanol–water partition coefficient (Wildman–Crippen LogP) is 3.22. The Balaban J connectivity index is 1.66. The lowest BCUT2D eigenvalue weighted by Crippen LogP contribution is -2.62. The maximum absolute atomic E-state index is 13.5. The highest BCUT2D eigenvalue weighted by Crippen LogP contribution is 2.68. The molecule has 0 aromatic rings. The molecule has 3 aliphatic carbocycles. The van der Waals surface area contributed by atoms with Gasteiger partial charge < -0.3 is 18.9 Å². The molecular weight excluding hydrogens is 452 g/mol. The van der Waals surface area contributed by atoms with Crippen LogP contribution in [0.2, 0.25) is 0 Å². The molecule has 2 unspecified atom stereocenters. The van der Waals surface area contributed by atoms with Crippen molar-refractivity contribution in [1.29, 1.82) is 0 Å².